The Hall–Kier alpha value is -2.21. The minimum absolute atomic E-state index is 0.0355. The molecule has 1 N–H and O–H groups in total. The molecular weight excluding hydrogens is 328 g/mol. The molecule has 1 saturated heterocycles. The van der Waals surface area contributed by atoms with Crippen molar-refractivity contribution < 1.29 is 9.21 Å². The van der Waals surface area contributed by atoms with Gasteiger partial charge >= 0.3 is 0 Å². The SMILES string of the molecule is Cc1cc(C)cc(NC(=O)CN2CCC(c3nnc(C(C)C)o3)CC2)c1. The Kier molecular flexibility index (Phi) is 5.71. The Labute approximate surface area is 155 Å². The molecule has 1 aliphatic rings. The quantitative estimate of drug-likeness (QED) is 0.886. The molecule has 0 bridgehead atoms. The summed E-state index contributed by atoms with van der Waals surface area (Å²) in [4.78, 5) is 14.5. The van der Waals surface area contributed by atoms with E-state index in [9.17, 15) is 4.79 Å². The number of hydrogen-bond donors (Lipinski definition) is 1. The van der Waals surface area contributed by atoms with Crippen molar-refractivity contribution >= 4 is 11.6 Å². The minimum Gasteiger partial charge on any atom is -0.425 e. The van der Waals surface area contributed by atoms with Crippen molar-refractivity contribution in [1.29, 1.82) is 0 Å². The number of hydrogen-bond acceptors (Lipinski definition) is 5. The van der Waals surface area contributed by atoms with E-state index in [0.29, 0.717) is 18.4 Å². The molecule has 0 atom stereocenters. The number of likely N-dealkylation sites (tertiary alicyclic amines) is 1. The second-order valence-corrected chi connectivity index (χ2v) is 7.61. The Morgan fingerprint density at radius 1 is 1.19 bits per heavy atom. The van der Waals surface area contributed by atoms with E-state index in [1.165, 1.54) is 0 Å². The number of aromatic nitrogens is 2. The molecule has 1 aromatic carbocycles. The number of carbonyl (C=O) groups is 1. The Morgan fingerprint density at radius 2 is 1.85 bits per heavy atom. The third-order valence-electron chi connectivity index (χ3n) is 4.76. The van der Waals surface area contributed by atoms with Crippen LogP contribution in [0, 0.1) is 13.8 Å². The van der Waals surface area contributed by atoms with Gasteiger partial charge in [0.25, 0.3) is 0 Å². The maximum absolute atomic E-state index is 12.3. The predicted octanol–water partition coefficient (Wildman–Crippen LogP) is 3.63. The summed E-state index contributed by atoms with van der Waals surface area (Å²) in [7, 11) is 0. The summed E-state index contributed by atoms with van der Waals surface area (Å²) in [6, 6.07) is 6.10. The molecule has 1 aromatic heterocycles. The summed E-state index contributed by atoms with van der Waals surface area (Å²) < 4.78 is 5.78. The fourth-order valence-corrected chi connectivity index (χ4v) is 3.43. The van der Waals surface area contributed by atoms with Crippen LogP contribution in [-0.2, 0) is 4.79 Å². The molecule has 3 rings (SSSR count). The summed E-state index contributed by atoms with van der Waals surface area (Å²) in [5.41, 5.74) is 3.18. The number of piperidine rings is 1. The molecule has 0 saturated carbocycles. The van der Waals surface area contributed by atoms with Gasteiger partial charge in [0.1, 0.15) is 0 Å². The largest absolute Gasteiger partial charge is 0.425 e. The monoisotopic (exact) mass is 356 g/mol. The zero-order chi connectivity index (χ0) is 18.7. The van der Waals surface area contributed by atoms with Crippen LogP contribution in [0.25, 0.3) is 0 Å². The van der Waals surface area contributed by atoms with Crippen molar-refractivity contribution in [3.8, 4) is 0 Å². The van der Waals surface area contributed by atoms with Crippen LogP contribution < -0.4 is 5.32 Å². The number of rotatable bonds is 5. The molecule has 2 heterocycles. The highest BCUT2D eigenvalue weighted by molar-refractivity contribution is 5.92. The van der Waals surface area contributed by atoms with Gasteiger partial charge in [-0.3, -0.25) is 9.69 Å². The highest BCUT2D eigenvalue weighted by Crippen LogP contribution is 2.28. The average Bonchev–Trinajstić information content (AvgIpc) is 3.04. The predicted molar refractivity (Wildman–Crippen MR) is 101 cm³/mol. The van der Waals surface area contributed by atoms with E-state index >= 15 is 0 Å². The minimum atomic E-state index is 0.0355. The fourth-order valence-electron chi connectivity index (χ4n) is 3.43. The van der Waals surface area contributed by atoms with Crippen LogP contribution in [0.3, 0.4) is 0 Å². The summed E-state index contributed by atoms with van der Waals surface area (Å²) in [5.74, 6) is 2.04. The Balaban J connectivity index is 1.49. The van der Waals surface area contributed by atoms with Crippen molar-refractivity contribution in [3.05, 3.63) is 41.1 Å². The van der Waals surface area contributed by atoms with Crippen molar-refractivity contribution in [3.63, 3.8) is 0 Å². The average molecular weight is 356 g/mol. The van der Waals surface area contributed by atoms with E-state index in [4.69, 9.17) is 4.42 Å². The number of anilines is 1. The lowest BCUT2D eigenvalue weighted by atomic mass is 9.97. The molecule has 0 unspecified atom stereocenters. The summed E-state index contributed by atoms with van der Waals surface area (Å²) in [5, 5.41) is 11.3. The van der Waals surface area contributed by atoms with Crippen LogP contribution in [0.4, 0.5) is 5.69 Å². The lowest BCUT2D eigenvalue weighted by Crippen LogP contribution is -2.38. The lowest BCUT2D eigenvalue weighted by Gasteiger charge is -2.29. The van der Waals surface area contributed by atoms with Gasteiger partial charge in [-0.25, -0.2) is 0 Å². The van der Waals surface area contributed by atoms with Crippen LogP contribution in [0.15, 0.2) is 22.6 Å². The zero-order valence-corrected chi connectivity index (χ0v) is 16.1. The highest BCUT2D eigenvalue weighted by atomic mass is 16.4. The zero-order valence-electron chi connectivity index (χ0n) is 16.1. The molecule has 2 aromatic rings. The van der Waals surface area contributed by atoms with E-state index in [2.05, 4.69) is 26.5 Å². The fraction of sp³-hybridized carbons (Fsp3) is 0.550. The van der Waals surface area contributed by atoms with E-state index < -0.39 is 0 Å². The van der Waals surface area contributed by atoms with E-state index in [-0.39, 0.29) is 11.8 Å². The van der Waals surface area contributed by atoms with Crippen LogP contribution >= 0.6 is 0 Å². The van der Waals surface area contributed by atoms with Crippen molar-refractivity contribution in [2.24, 2.45) is 0 Å². The number of nitrogens with one attached hydrogen (secondary N) is 1. The lowest BCUT2D eigenvalue weighted by molar-refractivity contribution is -0.117. The molecule has 26 heavy (non-hydrogen) atoms. The standard InChI is InChI=1S/C20H28N4O2/c1-13(2)19-22-23-20(26-19)16-5-7-24(8-6-16)12-18(25)21-17-10-14(3)9-15(4)11-17/h9-11,13,16H,5-8,12H2,1-4H3,(H,21,25). The first kappa shape index (κ1) is 18.6. The van der Waals surface area contributed by atoms with Gasteiger partial charge in [0.15, 0.2) is 0 Å². The van der Waals surface area contributed by atoms with Gasteiger partial charge in [0, 0.05) is 17.5 Å². The Morgan fingerprint density at radius 3 is 2.42 bits per heavy atom. The second-order valence-electron chi connectivity index (χ2n) is 7.61. The highest BCUT2D eigenvalue weighted by Gasteiger charge is 2.26. The van der Waals surface area contributed by atoms with Crippen molar-refractivity contribution in [2.45, 2.75) is 52.4 Å². The van der Waals surface area contributed by atoms with Crippen LogP contribution in [-0.4, -0.2) is 40.6 Å². The van der Waals surface area contributed by atoms with Crippen LogP contribution in [0.1, 0.15) is 61.4 Å². The maximum atomic E-state index is 12.3. The number of nitrogens with zero attached hydrogens (tertiary/aromatic N) is 3. The number of benzene rings is 1. The van der Waals surface area contributed by atoms with Crippen molar-refractivity contribution in [2.75, 3.05) is 25.0 Å². The maximum Gasteiger partial charge on any atom is 0.238 e. The molecule has 1 aliphatic heterocycles. The van der Waals surface area contributed by atoms with E-state index in [1.54, 1.807) is 0 Å². The van der Waals surface area contributed by atoms with Gasteiger partial charge in [-0.15, -0.1) is 10.2 Å². The Bertz CT molecular complexity index is 741. The first-order valence-corrected chi connectivity index (χ1v) is 9.34. The number of carbonyl (C=O) groups excluding carboxylic acids is 1. The molecule has 1 fully saturated rings. The topological polar surface area (TPSA) is 71.3 Å². The van der Waals surface area contributed by atoms with Gasteiger partial charge in [-0.05, 0) is 63.0 Å². The van der Waals surface area contributed by atoms with E-state index in [0.717, 1.165) is 48.6 Å². The number of amides is 1. The van der Waals surface area contributed by atoms with Crippen molar-refractivity contribution in [1.82, 2.24) is 15.1 Å². The molecular formula is C20H28N4O2. The summed E-state index contributed by atoms with van der Waals surface area (Å²) in [6.45, 7) is 10.3. The third-order valence-corrected chi connectivity index (χ3v) is 4.76. The molecule has 140 valence electrons. The third kappa shape index (κ3) is 4.69. The van der Waals surface area contributed by atoms with Crippen LogP contribution in [0.5, 0.6) is 0 Å². The summed E-state index contributed by atoms with van der Waals surface area (Å²) >= 11 is 0. The molecule has 1 amide bonds. The first-order chi connectivity index (χ1) is 12.4. The normalized spacial score (nSPS) is 16.2. The second kappa shape index (κ2) is 7.99. The van der Waals surface area contributed by atoms with Gasteiger partial charge in [-0.2, -0.15) is 0 Å². The molecule has 6 heteroatoms. The van der Waals surface area contributed by atoms with Gasteiger partial charge in [0.05, 0.1) is 6.54 Å². The molecule has 0 aliphatic carbocycles. The molecule has 6 nitrogen and oxygen atoms in total. The van der Waals surface area contributed by atoms with E-state index in [1.807, 2.05) is 39.8 Å². The molecule has 0 spiro atoms. The van der Waals surface area contributed by atoms with Crippen LogP contribution in [0.2, 0.25) is 0 Å². The molecule has 0 radical (unpaired) electrons. The van der Waals surface area contributed by atoms with Gasteiger partial charge < -0.3 is 9.73 Å². The first-order valence-electron chi connectivity index (χ1n) is 9.34. The number of aryl methyl sites for hydroxylation is 2. The van der Waals surface area contributed by atoms with Gasteiger partial charge in [-0.1, -0.05) is 19.9 Å². The summed E-state index contributed by atoms with van der Waals surface area (Å²) in [6.07, 6.45) is 1.88. The smallest absolute Gasteiger partial charge is 0.238 e. The van der Waals surface area contributed by atoms with Gasteiger partial charge in [0.2, 0.25) is 17.7 Å².